The highest BCUT2D eigenvalue weighted by Crippen LogP contribution is 2.22. The Morgan fingerprint density at radius 1 is 1.22 bits per heavy atom. The second-order valence-electron chi connectivity index (χ2n) is 5.66. The SMILES string of the molecule is COC(=O)c1ccccc1N(CC(=O)NC1CCCC1)C(C)=O. The van der Waals surface area contributed by atoms with Crippen molar-refractivity contribution in [3.05, 3.63) is 29.8 Å². The fraction of sp³-hybridized carbons (Fsp3) is 0.471. The first kappa shape index (κ1) is 17.0. The van der Waals surface area contributed by atoms with E-state index in [4.69, 9.17) is 4.74 Å². The van der Waals surface area contributed by atoms with Crippen LogP contribution in [0.4, 0.5) is 5.69 Å². The van der Waals surface area contributed by atoms with Crippen LogP contribution in [0.25, 0.3) is 0 Å². The van der Waals surface area contributed by atoms with Crippen LogP contribution in [0.1, 0.15) is 43.0 Å². The number of carbonyl (C=O) groups excluding carboxylic acids is 3. The van der Waals surface area contributed by atoms with E-state index in [0.717, 1.165) is 25.7 Å². The summed E-state index contributed by atoms with van der Waals surface area (Å²) in [6.07, 6.45) is 4.19. The number of hydrogen-bond acceptors (Lipinski definition) is 4. The van der Waals surface area contributed by atoms with Gasteiger partial charge in [-0.1, -0.05) is 25.0 Å². The molecule has 0 spiro atoms. The monoisotopic (exact) mass is 318 g/mol. The van der Waals surface area contributed by atoms with E-state index in [-0.39, 0.29) is 30.0 Å². The lowest BCUT2D eigenvalue weighted by atomic mass is 10.1. The number of methoxy groups -OCH3 is 1. The molecule has 1 N–H and O–H groups in total. The van der Waals surface area contributed by atoms with Crippen LogP contribution < -0.4 is 10.2 Å². The van der Waals surface area contributed by atoms with Crippen molar-refractivity contribution in [2.24, 2.45) is 0 Å². The van der Waals surface area contributed by atoms with Gasteiger partial charge >= 0.3 is 5.97 Å². The van der Waals surface area contributed by atoms with Crippen molar-refractivity contribution in [3.8, 4) is 0 Å². The Kier molecular flexibility index (Phi) is 5.73. The molecule has 0 aromatic heterocycles. The van der Waals surface area contributed by atoms with Crippen LogP contribution in [0.5, 0.6) is 0 Å². The Balaban J connectivity index is 2.16. The smallest absolute Gasteiger partial charge is 0.339 e. The number of para-hydroxylation sites is 1. The number of nitrogens with zero attached hydrogens (tertiary/aromatic N) is 1. The normalized spacial score (nSPS) is 14.3. The van der Waals surface area contributed by atoms with E-state index >= 15 is 0 Å². The molecule has 0 unspecified atom stereocenters. The maximum Gasteiger partial charge on any atom is 0.339 e. The molecule has 23 heavy (non-hydrogen) atoms. The fourth-order valence-electron chi connectivity index (χ4n) is 2.84. The van der Waals surface area contributed by atoms with Gasteiger partial charge in [0.1, 0.15) is 6.54 Å². The molecular formula is C17H22N2O4. The van der Waals surface area contributed by atoms with Crippen LogP contribution in [-0.4, -0.2) is 37.5 Å². The zero-order chi connectivity index (χ0) is 16.8. The van der Waals surface area contributed by atoms with Gasteiger partial charge in [-0.05, 0) is 25.0 Å². The first-order valence-electron chi connectivity index (χ1n) is 7.77. The van der Waals surface area contributed by atoms with Gasteiger partial charge in [0.05, 0.1) is 18.4 Å². The minimum Gasteiger partial charge on any atom is -0.465 e. The summed E-state index contributed by atoms with van der Waals surface area (Å²) in [6, 6.07) is 6.80. The van der Waals surface area contributed by atoms with Gasteiger partial charge in [-0.2, -0.15) is 0 Å². The lowest BCUT2D eigenvalue weighted by molar-refractivity contribution is -0.123. The molecule has 0 saturated heterocycles. The lowest BCUT2D eigenvalue weighted by Gasteiger charge is -2.23. The molecule has 1 aromatic carbocycles. The number of anilines is 1. The molecule has 6 nitrogen and oxygen atoms in total. The topological polar surface area (TPSA) is 75.7 Å². The van der Waals surface area contributed by atoms with E-state index in [1.807, 2.05) is 0 Å². The first-order valence-corrected chi connectivity index (χ1v) is 7.77. The van der Waals surface area contributed by atoms with Crippen molar-refractivity contribution < 1.29 is 19.1 Å². The maximum atomic E-state index is 12.2. The van der Waals surface area contributed by atoms with E-state index in [2.05, 4.69) is 5.32 Å². The third-order valence-electron chi connectivity index (χ3n) is 4.00. The fourth-order valence-corrected chi connectivity index (χ4v) is 2.84. The number of rotatable bonds is 5. The molecule has 124 valence electrons. The summed E-state index contributed by atoms with van der Waals surface area (Å²) in [6.45, 7) is 1.26. The van der Waals surface area contributed by atoms with Crippen LogP contribution >= 0.6 is 0 Å². The van der Waals surface area contributed by atoms with Crippen LogP contribution in [0, 0.1) is 0 Å². The Morgan fingerprint density at radius 3 is 2.48 bits per heavy atom. The summed E-state index contributed by atoms with van der Waals surface area (Å²) in [7, 11) is 1.28. The van der Waals surface area contributed by atoms with Crippen molar-refractivity contribution in [2.75, 3.05) is 18.6 Å². The van der Waals surface area contributed by atoms with E-state index in [1.165, 1.54) is 18.9 Å². The summed E-state index contributed by atoms with van der Waals surface area (Å²) in [5, 5.41) is 2.95. The number of esters is 1. The van der Waals surface area contributed by atoms with E-state index in [1.54, 1.807) is 24.3 Å². The van der Waals surface area contributed by atoms with Gasteiger partial charge in [0.2, 0.25) is 11.8 Å². The number of nitrogens with one attached hydrogen (secondary N) is 1. The number of ether oxygens (including phenoxy) is 1. The molecule has 0 radical (unpaired) electrons. The van der Waals surface area contributed by atoms with Gasteiger partial charge in [-0.3, -0.25) is 9.59 Å². The molecular weight excluding hydrogens is 296 g/mol. The highest BCUT2D eigenvalue weighted by atomic mass is 16.5. The molecule has 1 aliphatic rings. The molecule has 0 bridgehead atoms. The second kappa shape index (κ2) is 7.76. The Labute approximate surface area is 135 Å². The number of amides is 2. The standard InChI is InChI=1S/C17H22N2O4/c1-12(20)19(11-16(21)18-13-7-3-4-8-13)15-10-6-5-9-14(15)17(22)23-2/h5-6,9-10,13H,3-4,7-8,11H2,1-2H3,(H,18,21). The lowest BCUT2D eigenvalue weighted by Crippen LogP contribution is -2.43. The maximum absolute atomic E-state index is 12.2. The zero-order valence-corrected chi connectivity index (χ0v) is 13.5. The molecule has 1 aromatic rings. The minimum atomic E-state index is -0.539. The highest BCUT2D eigenvalue weighted by Gasteiger charge is 2.23. The van der Waals surface area contributed by atoms with Gasteiger partial charge in [0.25, 0.3) is 0 Å². The van der Waals surface area contributed by atoms with Gasteiger partial charge in [0.15, 0.2) is 0 Å². The van der Waals surface area contributed by atoms with Gasteiger partial charge in [-0.25, -0.2) is 4.79 Å². The molecule has 1 saturated carbocycles. The van der Waals surface area contributed by atoms with Crippen molar-refractivity contribution >= 4 is 23.5 Å². The average molecular weight is 318 g/mol. The summed E-state index contributed by atoms with van der Waals surface area (Å²) < 4.78 is 4.74. The Hall–Kier alpha value is -2.37. The Bertz CT molecular complexity index is 594. The van der Waals surface area contributed by atoms with Crippen molar-refractivity contribution in [1.29, 1.82) is 0 Å². The molecule has 0 atom stereocenters. The third-order valence-corrected chi connectivity index (χ3v) is 4.00. The van der Waals surface area contributed by atoms with Gasteiger partial charge in [-0.15, -0.1) is 0 Å². The van der Waals surface area contributed by atoms with E-state index in [0.29, 0.717) is 5.69 Å². The number of benzene rings is 1. The minimum absolute atomic E-state index is 0.111. The van der Waals surface area contributed by atoms with Crippen molar-refractivity contribution in [3.63, 3.8) is 0 Å². The highest BCUT2D eigenvalue weighted by molar-refractivity contribution is 6.04. The molecule has 1 aliphatic carbocycles. The summed E-state index contributed by atoms with van der Waals surface area (Å²) in [5.74, 6) is -1.06. The first-order chi connectivity index (χ1) is 11.0. The summed E-state index contributed by atoms with van der Waals surface area (Å²) in [5.41, 5.74) is 0.646. The average Bonchev–Trinajstić information content (AvgIpc) is 3.04. The molecule has 6 heteroatoms. The van der Waals surface area contributed by atoms with E-state index < -0.39 is 5.97 Å². The zero-order valence-electron chi connectivity index (χ0n) is 13.5. The van der Waals surface area contributed by atoms with Crippen LogP contribution in [-0.2, 0) is 14.3 Å². The van der Waals surface area contributed by atoms with Gasteiger partial charge in [0, 0.05) is 13.0 Å². The molecule has 1 fully saturated rings. The quantitative estimate of drug-likeness (QED) is 0.841. The Morgan fingerprint density at radius 2 is 1.87 bits per heavy atom. The van der Waals surface area contributed by atoms with Crippen molar-refractivity contribution in [2.45, 2.75) is 38.6 Å². The summed E-state index contributed by atoms with van der Waals surface area (Å²) in [4.78, 5) is 37.4. The number of carbonyl (C=O) groups is 3. The molecule has 2 amide bonds. The predicted molar refractivity (Wildman–Crippen MR) is 86.2 cm³/mol. The second-order valence-corrected chi connectivity index (χ2v) is 5.66. The predicted octanol–water partition coefficient (Wildman–Crippen LogP) is 1.88. The molecule has 0 aliphatic heterocycles. The van der Waals surface area contributed by atoms with Crippen molar-refractivity contribution in [1.82, 2.24) is 5.32 Å². The van der Waals surface area contributed by atoms with Crippen LogP contribution in [0.2, 0.25) is 0 Å². The van der Waals surface area contributed by atoms with E-state index in [9.17, 15) is 14.4 Å². The van der Waals surface area contributed by atoms with Crippen LogP contribution in [0.15, 0.2) is 24.3 Å². The van der Waals surface area contributed by atoms with Gasteiger partial charge < -0.3 is 15.0 Å². The summed E-state index contributed by atoms with van der Waals surface area (Å²) >= 11 is 0. The third kappa shape index (κ3) is 4.31. The molecule has 0 heterocycles. The molecule has 2 rings (SSSR count). The largest absolute Gasteiger partial charge is 0.465 e. The number of hydrogen-bond donors (Lipinski definition) is 1. The van der Waals surface area contributed by atoms with Crippen LogP contribution in [0.3, 0.4) is 0 Å².